The van der Waals surface area contributed by atoms with Gasteiger partial charge < -0.3 is 10.2 Å². The van der Waals surface area contributed by atoms with Gasteiger partial charge in [-0.05, 0) is 74.2 Å². The first-order valence-corrected chi connectivity index (χ1v) is 13.8. The number of nitrogens with zero attached hydrogens (tertiary/aromatic N) is 1. The van der Waals surface area contributed by atoms with Gasteiger partial charge in [0, 0.05) is 6.54 Å². The number of amides is 1. The SMILES string of the molecule is CC(C)[C@H](NS(=O)(=O)c1cccs1)C(=O)NCCCN1CCC(Cc2ccccc2)CC1. The van der Waals surface area contributed by atoms with Gasteiger partial charge in [0.25, 0.3) is 10.0 Å². The second-order valence-corrected chi connectivity index (χ2v) is 11.8. The van der Waals surface area contributed by atoms with Crippen molar-refractivity contribution in [3.63, 3.8) is 0 Å². The van der Waals surface area contributed by atoms with Gasteiger partial charge in [-0.1, -0.05) is 50.2 Å². The fraction of sp³-hybridized carbons (Fsp3) is 0.542. The molecule has 0 bridgehead atoms. The number of benzene rings is 1. The number of piperidine rings is 1. The molecular formula is C24H35N3O3S2. The predicted octanol–water partition coefficient (Wildman–Crippen LogP) is 3.51. The van der Waals surface area contributed by atoms with E-state index in [0.29, 0.717) is 6.54 Å². The second kappa shape index (κ2) is 11.9. The lowest BCUT2D eigenvalue weighted by molar-refractivity contribution is -0.123. The molecule has 1 aliphatic rings. The van der Waals surface area contributed by atoms with E-state index in [1.807, 2.05) is 13.8 Å². The molecule has 0 radical (unpaired) electrons. The Hall–Kier alpha value is -1.74. The van der Waals surface area contributed by atoms with Crippen LogP contribution in [0.4, 0.5) is 0 Å². The standard InChI is InChI=1S/C24H35N3O3S2/c1-19(2)23(26-32(29,30)22-10-6-17-31-22)24(28)25-13-7-14-27-15-11-21(12-16-27)18-20-8-4-3-5-9-20/h3-6,8-10,17,19,21,23,26H,7,11-16,18H2,1-2H3,(H,25,28)/t23-/m0/s1. The summed E-state index contributed by atoms with van der Waals surface area (Å²) in [6.07, 6.45) is 4.43. The highest BCUT2D eigenvalue weighted by Crippen LogP contribution is 2.21. The maximum absolute atomic E-state index is 12.7. The number of sulfonamides is 1. The highest BCUT2D eigenvalue weighted by molar-refractivity contribution is 7.91. The zero-order valence-corrected chi connectivity index (χ0v) is 20.6. The Kier molecular flexibility index (Phi) is 9.28. The number of carbonyl (C=O) groups is 1. The van der Waals surface area contributed by atoms with Crippen LogP contribution in [0.5, 0.6) is 0 Å². The predicted molar refractivity (Wildman–Crippen MR) is 130 cm³/mol. The molecule has 1 fully saturated rings. The largest absolute Gasteiger partial charge is 0.355 e. The van der Waals surface area contributed by atoms with Crippen molar-refractivity contribution in [1.82, 2.24) is 14.9 Å². The fourth-order valence-corrected chi connectivity index (χ4v) is 6.47. The van der Waals surface area contributed by atoms with Crippen LogP contribution in [0, 0.1) is 11.8 Å². The molecule has 0 unspecified atom stereocenters. The molecule has 2 heterocycles. The van der Waals surface area contributed by atoms with E-state index in [9.17, 15) is 13.2 Å². The van der Waals surface area contributed by atoms with Gasteiger partial charge >= 0.3 is 0 Å². The van der Waals surface area contributed by atoms with Crippen molar-refractivity contribution >= 4 is 27.3 Å². The zero-order valence-electron chi connectivity index (χ0n) is 19.0. The Balaban J connectivity index is 1.37. The van der Waals surface area contributed by atoms with Crippen LogP contribution in [-0.2, 0) is 21.2 Å². The van der Waals surface area contributed by atoms with Crippen LogP contribution >= 0.6 is 11.3 Å². The molecule has 1 saturated heterocycles. The van der Waals surface area contributed by atoms with Crippen LogP contribution in [0.15, 0.2) is 52.1 Å². The Morgan fingerprint density at radius 2 is 1.84 bits per heavy atom. The first kappa shape index (κ1) is 24.9. The maximum atomic E-state index is 12.7. The summed E-state index contributed by atoms with van der Waals surface area (Å²) in [6, 6.07) is 13.1. The van der Waals surface area contributed by atoms with E-state index in [0.717, 1.165) is 49.7 Å². The topological polar surface area (TPSA) is 78.5 Å². The molecular weight excluding hydrogens is 442 g/mol. The van der Waals surface area contributed by atoms with Crippen LogP contribution in [0.25, 0.3) is 0 Å². The monoisotopic (exact) mass is 477 g/mol. The second-order valence-electron chi connectivity index (χ2n) is 8.89. The summed E-state index contributed by atoms with van der Waals surface area (Å²) in [6.45, 7) is 7.39. The van der Waals surface area contributed by atoms with E-state index in [1.54, 1.807) is 17.5 Å². The number of likely N-dealkylation sites (tertiary alicyclic amines) is 1. The molecule has 3 rings (SSSR count). The van der Waals surface area contributed by atoms with E-state index < -0.39 is 16.1 Å². The van der Waals surface area contributed by atoms with Crippen molar-refractivity contribution in [3.8, 4) is 0 Å². The number of hydrogen-bond acceptors (Lipinski definition) is 5. The molecule has 1 aromatic carbocycles. The summed E-state index contributed by atoms with van der Waals surface area (Å²) >= 11 is 1.15. The Morgan fingerprint density at radius 1 is 1.12 bits per heavy atom. The molecule has 32 heavy (non-hydrogen) atoms. The van der Waals surface area contributed by atoms with Crippen LogP contribution < -0.4 is 10.0 Å². The van der Waals surface area contributed by atoms with E-state index in [-0.39, 0.29) is 16.0 Å². The molecule has 1 aliphatic heterocycles. The summed E-state index contributed by atoms with van der Waals surface area (Å²) in [7, 11) is -3.68. The summed E-state index contributed by atoms with van der Waals surface area (Å²) < 4.78 is 27.8. The summed E-state index contributed by atoms with van der Waals surface area (Å²) in [4.78, 5) is 15.1. The van der Waals surface area contributed by atoms with Crippen LogP contribution in [0.1, 0.15) is 38.7 Å². The van der Waals surface area contributed by atoms with E-state index in [1.165, 1.54) is 18.4 Å². The first-order chi connectivity index (χ1) is 15.3. The third-order valence-electron chi connectivity index (χ3n) is 6.02. The quantitative estimate of drug-likeness (QED) is 0.486. The molecule has 6 nitrogen and oxygen atoms in total. The normalized spacial score (nSPS) is 16.8. The summed E-state index contributed by atoms with van der Waals surface area (Å²) in [5.74, 6) is 0.339. The van der Waals surface area contributed by atoms with Gasteiger partial charge in [-0.25, -0.2) is 8.42 Å². The van der Waals surface area contributed by atoms with Crippen molar-refractivity contribution in [2.45, 2.75) is 49.8 Å². The van der Waals surface area contributed by atoms with Gasteiger partial charge in [0.05, 0.1) is 0 Å². The van der Waals surface area contributed by atoms with E-state index >= 15 is 0 Å². The van der Waals surface area contributed by atoms with Gasteiger partial charge in [-0.3, -0.25) is 4.79 Å². The number of thiophene rings is 1. The van der Waals surface area contributed by atoms with Crippen LogP contribution in [0.3, 0.4) is 0 Å². The average Bonchev–Trinajstić information content (AvgIpc) is 3.33. The minimum absolute atomic E-state index is 0.145. The molecule has 2 aromatic rings. The zero-order chi connectivity index (χ0) is 23.0. The lowest BCUT2D eigenvalue weighted by Crippen LogP contribution is -2.49. The summed E-state index contributed by atoms with van der Waals surface area (Å²) in [5.41, 5.74) is 1.42. The van der Waals surface area contributed by atoms with Crippen molar-refractivity contribution in [1.29, 1.82) is 0 Å². The molecule has 0 saturated carbocycles. The molecule has 0 aliphatic carbocycles. The lowest BCUT2D eigenvalue weighted by atomic mass is 9.90. The van der Waals surface area contributed by atoms with Gasteiger partial charge in [-0.15, -0.1) is 11.3 Å². The molecule has 8 heteroatoms. The number of hydrogen-bond donors (Lipinski definition) is 2. The van der Waals surface area contributed by atoms with Crippen molar-refractivity contribution in [2.24, 2.45) is 11.8 Å². The van der Waals surface area contributed by atoms with Gasteiger partial charge in [0.15, 0.2) is 0 Å². The minimum atomic E-state index is -3.68. The fourth-order valence-electron chi connectivity index (χ4n) is 4.12. The van der Waals surface area contributed by atoms with Crippen LogP contribution in [0.2, 0.25) is 0 Å². The number of nitrogens with one attached hydrogen (secondary N) is 2. The van der Waals surface area contributed by atoms with Gasteiger partial charge in [0.1, 0.15) is 10.3 Å². The maximum Gasteiger partial charge on any atom is 0.250 e. The van der Waals surface area contributed by atoms with Crippen molar-refractivity contribution in [3.05, 3.63) is 53.4 Å². The summed E-state index contributed by atoms with van der Waals surface area (Å²) in [5, 5.41) is 4.64. The van der Waals surface area contributed by atoms with Crippen molar-refractivity contribution < 1.29 is 13.2 Å². The Labute approximate surface area is 196 Å². The molecule has 2 N–H and O–H groups in total. The molecule has 1 aromatic heterocycles. The number of carbonyl (C=O) groups excluding carboxylic acids is 1. The van der Waals surface area contributed by atoms with E-state index in [2.05, 4.69) is 45.3 Å². The van der Waals surface area contributed by atoms with E-state index in [4.69, 9.17) is 0 Å². The third kappa shape index (κ3) is 7.40. The Bertz CT molecular complexity index is 923. The Morgan fingerprint density at radius 3 is 2.47 bits per heavy atom. The average molecular weight is 478 g/mol. The van der Waals surface area contributed by atoms with Crippen LogP contribution in [-0.4, -0.2) is 51.4 Å². The lowest BCUT2D eigenvalue weighted by Gasteiger charge is -2.32. The minimum Gasteiger partial charge on any atom is -0.355 e. The molecule has 176 valence electrons. The van der Waals surface area contributed by atoms with Crippen molar-refractivity contribution in [2.75, 3.05) is 26.2 Å². The number of rotatable bonds is 11. The first-order valence-electron chi connectivity index (χ1n) is 11.4. The smallest absolute Gasteiger partial charge is 0.250 e. The molecule has 1 atom stereocenters. The highest BCUT2D eigenvalue weighted by Gasteiger charge is 2.28. The highest BCUT2D eigenvalue weighted by atomic mass is 32.2. The molecule has 0 spiro atoms. The third-order valence-corrected chi connectivity index (χ3v) is 8.85. The van der Waals surface area contributed by atoms with Gasteiger partial charge in [0.2, 0.25) is 5.91 Å². The molecule has 1 amide bonds. The van der Waals surface area contributed by atoms with Gasteiger partial charge in [-0.2, -0.15) is 4.72 Å².